The first-order valence-corrected chi connectivity index (χ1v) is 7.20. The second-order valence-electron chi connectivity index (χ2n) is 4.66. The van der Waals surface area contributed by atoms with E-state index >= 15 is 0 Å². The molecule has 1 aliphatic rings. The van der Waals surface area contributed by atoms with Gasteiger partial charge in [0.15, 0.2) is 0 Å². The Bertz CT molecular complexity index is 235. The fourth-order valence-electron chi connectivity index (χ4n) is 2.18. The average Bonchev–Trinajstić information content (AvgIpc) is 2.27. The molecule has 1 saturated heterocycles. The number of amides is 1. The van der Waals surface area contributed by atoms with Crippen molar-refractivity contribution in [2.45, 2.75) is 45.8 Å². The summed E-state index contributed by atoms with van der Waals surface area (Å²) in [4.78, 5) is 14.1. The van der Waals surface area contributed by atoms with Gasteiger partial charge in [0.25, 0.3) is 0 Å². The number of nitrogens with zero attached hydrogens (tertiary/aromatic N) is 1. The number of carbonyl (C=O) groups is 1. The first kappa shape index (κ1) is 14.0. The third kappa shape index (κ3) is 3.74. The molecule has 0 aromatic rings. The van der Waals surface area contributed by atoms with Crippen molar-refractivity contribution in [2.75, 3.05) is 18.4 Å². The van der Waals surface area contributed by atoms with E-state index in [1.165, 1.54) is 0 Å². The molecule has 0 saturated carbocycles. The first-order chi connectivity index (χ1) is 7.58. The van der Waals surface area contributed by atoms with Crippen LogP contribution in [0.15, 0.2) is 0 Å². The smallest absolute Gasteiger partial charge is 0.225 e. The summed E-state index contributed by atoms with van der Waals surface area (Å²) in [7, 11) is 0. The maximum atomic E-state index is 12.2. The van der Waals surface area contributed by atoms with Gasteiger partial charge in [-0.1, -0.05) is 36.2 Å². The molecule has 0 aromatic heterocycles. The molecule has 0 spiro atoms. The predicted octanol–water partition coefficient (Wildman–Crippen LogP) is 2.43. The summed E-state index contributed by atoms with van der Waals surface area (Å²) in [6.07, 6.45) is 2.33. The van der Waals surface area contributed by atoms with Crippen molar-refractivity contribution in [3.8, 4) is 0 Å². The molecule has 0 radical (unpaired) electrons. The highest BCUT2D eigenvalue weighted by Crippen LogP contribution is 2.17. The largest absolute Gasteiger partial charge is 0.371 e. The van der Waals surface area contributed by atoms with Crippen molar-refractivity contribution in [3.63, 3.8) is 0 Å². The quantitative estimate of drug-likeness (QED) is 0.745. The van der Waals surface area contributed by atoms with Gasteiger partial charge in [-0.2, -0.15) is 0 Å². The third-order valence-corrected chi connectivity index (χ3v) is 3.68. The van der Waals surface area contributed by atoms with Gasteiger partial charge in [0.1, 0.15) is 0 Å². The van der Waals surface area contributed by atoms with E-state index in [0.717, 1.165) is 31.3 Å². The maximum absolute atomic E-state index is 12.2. The van der Waals surface area contributed by atoms with Crippen LogP contribution in [0.3, 0.4) is 0 Å². The van der Waals surface area contributed by atoms with Gasteiger partial charge in [-0.25, -0.2) is 0 Å². The van der Waals surface area contributed by atoms with Gasteiger partial charge >= 0.3 is 0 Å². The van der Waals surface area contributed by atoms with E-state index in [1.54, 1.807) is 0 Å². The lowest BCUT2D eigenvalue weighted by Crippen LogP contribution is -2.51. The summed E-state index contributed by atoms with van der Waals surface area (Å²) in [5, 5.41) is 0.795. The molecule has 1 amide bonds. The van der Waals surface area contributed by atoms with Gasteiger partial charge in [0.05, 0.1) is 12.2 Å². The normalized spacial score (nSPS) is 27.9. The number of carbonyl (C=O) groups excluding carboxylic acids is 1. The Morgan fingerprint density at radius 1 is 1.56 bits per heavy atom. The molecule has 1 fully saturated rings. The van der Waals surface area contributed by atoms with Crippen molar-refractivity contribution < 1.29 is 9.53 Å². The summed E-state index contributed by atoms with van der Waals surface area (Å²) in [6, 6.07) is 0. The van der Waals surface area contributed by atoms with E-state index in [9.17, 15) is 4.79 Å². The molecule has 3 atom stereocenters. The number of rotatable bonds is 4. The molecular formula is C12H22BrNO2. The zero-order chi connectivity index (χ0) is 12.1. The molecule has 0 bridgehead atoms. The summed E-state index contributed by atoms with van der Waals surface area (Å²) >= 11 is 3.42. The number of ether oxygens (including phenoxy) is 1. The molecule has 1 heterocycles. The Morgan fingerprint density at radius 3 is 2.81 bits per heavy atom. The molecule has 1 rings (SSSR count). The highest BCUT2D eigenvalue weighted by Gasteiger charge is 2.29. The lowest BCUT2D eigenvalue weighted by Gasteiger charge is -2.37. The van der Waals surface area contributed by atoms with Gasteiger partial charge in [-0.15, -0.1) is 0 Å². The molecule has 4 heteroatoms. The topological polar surface area (TPSA) is 29.5 Å². The SMILES string of the molecule is CCCC(C)C(=O)N1CC(C)OC(CBr)C1. The van der Waals surface area contributed by atoms with Crippen LogP contribution in [0.25, 0.3) is 0 Å². The molecule has 3 nitrogen and oxygen atoms in total. The van der Waals surface area contributed by atoms with Crippen LogP contribution >= 0.6 is 15.9 Å². The minimum absolute atomic E-state index is 0.140. The Labute approximate surface area is 107 Å². The fourth-order valence-corrected chi connectivity index (χ4v) is 2.54. The van der Waals surface area contributed by atoms with Crippen LogP contribution in [0.5, 0.6) is 0 Å². The van der Waals surface area contributed by atoms with E-state index in [-0.39, 0.29) is 24.0 Å². The maximum Gasteiger partial charge on any atom is 0.225 e. The van der Waals surface area contributed by atoms with Crippen LogP contribution in [-0.2, 0) is 9.53 Å². The molecule has 1 aliphatic heterocycles. The molecule has 16 heavy (non-hydrogen) atoms. The minimum Gasteiger partial charge on any atom is -0.371 e. The van der Waals surface area contributed by atoms with E-state index in [0.29, 0.717) is 0 Å². The van der Waals surface area contributed by atoms with Crippen molar-refractivity contribution >= 4 is 21.8 Å². The molecule has 0 N–H and O–H groups in total. The van der Waals surface area contributed by atoms with Gasteiger partial charge < -0.3 is 9.64 Å². The minimum atomic E-state index is 0.140. The second-order valence-corrected chi connectivity index (χ2v) is 5.30. The standard InChI is InChI=1S/C12H22BrNO2/c1-4-5-9(2)12(15)14-7-10(3)16-11(6-13)8-14/h9-11H,4-8H2,1-3H3. The fraction of sp³-hybridized carbons (Fsp3) is 0.917. The van der Waals surface area contributed by atoms with Gasteiger partial charge in [-0.3, -0.25) is 4.79 Å². The molecular weight excluding hydrogens is 270 g/mol. The Hall–Kier alpha value is -0.0900. The number of halogens is 1. The van der Waals surface area contributed by atoms with Crippen LogP contribution in [0.4, 0.5) is 0 Å². The van der Waals surface area contributed by atoms with E-state index in [4.69, 9.17) is 4.74 Å². The van der Waals surface area contributed by atoms with Crippen molar-refractivity contribution in [1.82, 2.24) is 4.90 Å². The first-order valence-electron chi connectivity index (χ1n) is 6.08. The zero-order valence-electron chi connectivity index (χ0n) is 10.4. The Kier molecular flexibility index (Phi) is 5.76. The lowest BCUT2D eigenvalue weighted by atomic mass is 10.0. The van der Waals surface area contributed by atoms with Crippen molar-refractivity contribution in [1.29, 1.82) is 0 Å². The summed E-state index contributed by atoms with van der Waals surface area (Å²) < 4.78 is 5.71. The van der Waals surface area contributed by atoms with Crippen LogP contribution in [0.1, 0.15) is 33.6 Å². The predicted molar refractivity (Wildman–Crippen MR) is 68.8 cm³/mol. The van der Waals surface area contributed by atoms with Crippen molar-refractivity contribution in [2.24, 2.45) is 5.92 Å². The van der Waals surface area contributed by atoms with Crippen LogP contribution in [0, 0.1) is 5.92 Å². The third-order valence-electron chi connectivity index (χ3n) is 2.95. The second kappa shape index (κ2) is 6.60. The van der Waals surface area contributed by atoms with Crippen molar-refractivity contribution in [3.05, 3.63) is 0 Å². The molecule has 94 valence electrons. The highest BCUT2D eigenvalue weighted by atomic mass is 79.9. The Morgan fingerprint density at radius 2 is 2.25 bits per heavy atom. The highest BCUT2D eigenvalue weighted by molar-refractivity contribution is 9.09. The summed E-state index contributed by atoms with van der Waals surface area (Å²) in [5.41, 5.74) is 0. The zero-order valence-corrected chi connectivity index (χ0v) is 12.0. The number of hydrogen-bond acceptors (Lipinski definition) is 2. The monoisotopic (exact) mass is 291 g/mol. The van der Waals surface area contributed by atoms with Gasteiger partial charge in [-0.05, 0) is 13.3 Å². The van der Waals surface area contributed by atoms with Crippen LogP contribution < -0.4 is 0 Å². The van der Waals surface area contributed by atoms with Gasteiger partial charge in [0, 0.05) is 24.3 Å². The number of hydrogen-bond donors (Lipinski definition) is 0. The molecule has 0 aliphatic carbocycles. The lowest BCUT2D eigenvalue weighted by molar-refractivity contribution is -0.146. The summed E-state index contributed by atoms with van der Waals surface area (Å²) in [5.74, 6) is 0.425. The molecule has 0 aromatic carbocycles. The van der Waals surface area contributed by atoms with E-state index in [2.05, 4.69) is 22.9 Å². The van der Waals surface area contributed by atoms with E-state index in [1.807, 2.05) is 18.7 Å². The van der Waals surface area contributed by atoms with Crippen LogP contribution in [-0.4, -0.2) is 41.4 Å². The number of alkyl halides is 1. The number of morpholine rings is 1. The molecule has 3 unspecified atom stereocenters. The summed E-state index contributed by atoms with van der Waals surface area (Å²) in [6.45, 7) is 7.63. The van der Waals surface area contributed by atoms with Gasteiger partial charge in [0.2, 0.25) is 5.91 Å². The Balaban J connectivity index is 2.54. The van der Waals surface area contributed by atoms with Crippen LogP contribution in [0.2, 0.25) is 0 Å². The average molecular weight is 292 g/mol. The van der Waals surface area contributed by atoms with E-state index < -0.39 is 0 Å².